The van der Waals surface area contributed by atoms with Crippen LogP contribution in [-0.2, 0) is 4.74 Å². The van der Waals surface area contributed by atoms with Crippen molar-refractivity contribution in [2.24, 2.45) is 0 Å². The number of rotatable bonds is 8. The summed E-state index contributed by atoms with van der Waals surface area (Å²) in [4.78, 5) is 25.7. The van der Waals surface area contributed by atoms with Crippen molar-refractivity contribution in [3.63, 3.8) is 0 Å². The highest BCUT2D eigenvalue weighted by atomic mass is 16.6. The molecular formula is C21H22N2O5. The highest BCUT2D eigenvalue weighted by Crippen LogP contribution is 2.40. The molecule has 7 nitrogen and oxygen atoms in total. The molecule has 3 rings (SSSR count). The van der Waals surface area contributed by atoms with E-state index in [2.05, 4.69) is 4.90 Å². The van der Waals surface area contributed by atoms with E-state index in [0.717, 1.165) is 13.1 Å². The molecule has 3 aromatic rings. The molecule has 146 valence electrons. The van der Waals surface area contributed by atoms with E-state index in [1.54, 1.807) is 42.5 Å². The van der Waals surface area contributed by atoms with E-state index in [4.69, 9.17) is 9.15 Å². The molecule has 1 aromatic heterocycles. The summed E-state index contributed by atoms with van der Waals surface area (Å²) in [5.41, 5.74) is 1.36. The van der Waals surface area contributed by atoms with Crippen molar-refractivity contribution in [1.82, 2.24) is 4.90 Å². The summed E-state index contributed by atoms with van der Waals surface area (Å²) in [6.07, 6.45) is 0. The molecule has 0 saturated heterocycles. The first kappa shape index (κ1) is 19.6. The molecule has 28 heavy (non-hydrogen) atoms. The topological polar surface area (TPSA) is 85.8 Å². The Morgan fingerprint density at radius 3 is 2.46 bits per heavy atom. The van der Waals surface area contributed by atoms with Crippen LogP contribution in [0.4, 0.5) is 5.88 Å². The van der Waals surface area contributed by atoms with Crippen LogP contribution in [0.2, 0.25) is 0 Å². The second kappa shape index (κ2) is 8.67. The number of carbonyl (C=O) groups excluding carboxylic acids is 1. The monoisotopic (exact) mass is 382 g/mol. The zero-order valence-electron chi connectivity index (χ0n) is 15.9. The number of para-hydroxylation sites is 1. The van der Waals surface area contributed by atoms with Gasteiger partial charge in [0, 0.05) is 11.9 Å². The van der Waals surface area contributed by atoms with E-state index in [1.165, 1.54) is 0 Å². The summed E-state index contributed by atoms with van der Waals surface area (Å²) >= 11 is 0. The minimum Gasteiger partial charge on any atom is -0.461 e. The molecule has 0 fully saturated rings. The first-order chi connectivity index (χ1) is 13.6. The van der Waals surface area contributed by atoms with Crippen molar-refractivity contribution in [3.8, 4) is 11.1 Å². The van der Waals surface area contributed by atoms with Gasteiger partial charge in [0.1, 0.15) is 22.7 Å². The minimum atomic E-state index is -0.572. The fourth-order valence-electron chi connectivity index (χ4n) is 3.16. The Labute approximate surface area is 162 Å². The molecule has 0 amide bonds. The van der Waals surface area contributed by atoms with Gasteiger partial charge < -0.3 is 14.1 Å². The minimum absolute atomic E-state index is 0.167. The first-order valence-corrected chi connectivity index (χ1v) is 9.21. The number of hydrogen-bond donors (Lipinski definition) is 0. The van der Waals surface area contributed by atoms with Crippen LogP contribution in [0.5, 0.6) is 0 Å². The molecule has 0 atom stereocenters. The van der Waals surface area contributed by atoms with Gasteiger partial charge in [0.15, 0.2) is 5.58 Å². The van der Waals surface area contributed by atoms with Crippen molar-refractivity contribution in [1.29, 1.82) is 0 Å². The number of likely N-dealkylation sites (N-methyl/N-ethyl adjacent to an activating group) is 1. The highest BCUT2D eigenvalue weighted by Gasteiger charge is 2.28. The Hall–Kier alpha value is -3.19. The maximum absolute atomic E-state index is 12.6. The van der Waals surface area contributed by atoms with Crippen LogP contribution in [0.3, 0.4) is 0 Å². The number of fused-ring (bicyclic) bond motifs is 1. The van der Waals surface area contributed by atoms with Crippen LogP contribution in [0.15, 0.2) is 52.9 Å². The van der Waals surface area contributed by atoms with Crippen molar-refractivity contribution in [3.05, 3.63) is 64.2 Å². The number of furan rings is 1. The molecule has 0 aliphatic rings. The van der Waals surface area contributed by atoms with Crippen molar-refractivity contribution >= 4 is 22.8 Å². The van der Waals surface area contributed by atoms with Gasteiger partial charge in [-0.25, -0.2) is 4.79 Å². The number of hydrogen-bond acceptors (Lipinski definition) is 6. The third-order valence-corrected chi connectivity index (χ3v) is 4.68. The van der Waals surface area contributed by atoms with E-state index in [1.807, 2.05) is 19.9 Å². The lowest BCUT2D eigenvalue weighted by atomic mass is 10.0. The molecular weight excluding hydrogens is 360 g/mol. The van der Waals surface area contributed by atoms with Crippen molar-refractivity contribution in [2.45, 2.75) is 13.8 Å². The molecule has 0 unspecified atom stereocenters. The van der Waals surface area contributed by atoms with E-state index < -0.39 is 10.9 Å². The van der Waals surface area contributed by atoms with Gasteiger partial charge in [-0.1, -0.05) is 56.3 Å². The van der Waals surface area contributed by atoms with E-state index in [-0.39, 0.29) is 23.6 Å². The van der Waals surface area contributed by atoms with Crippen molar-refractivity contribution in [2.75, 3.05) is 26.2 Å². The maximum atomic E-state index is 12.6. The van der Waals surface area contributed by atoms with Gasteiger partial charge in [0.05, 0.1) is 0 Å². The summed E-state index contributed by atoms with van der Waals surface area (Å²) in [5, 5.41) is 12.1. The molecule has 1 heterocycles. The van der Waals surface area contributed by atoms with E-state index in [0.29, 0.717) is 23.1 Å². The third kappa shape index (κ3) is 3.89. The molecule has 0 aliphatic heterocycles. The Morgan fingerprint density at radius 1 is 1.11 bits per heavy atom. The molecule has 7 heteroatoms. The van der Waals surface area contributed by atoms with Crippen LogP contribution >= 0.6 is 0 Å². The Bertz CT molecular complexity index is 977. The van der Waals surface area contributed by atoms with Crippen LogP contribution in [0.1, 0.15) is 24.2 Å². The van der Waals surface area contributed by atoms with Gasteiger partial charge in [-0.05, 0) is 24.7 Å². The summed E-state index contributed by atoms with van der Waals surface area (Å²) in [7, 11) is 0. The normalized spacial score (nSPS) is 11.1. The molecule has 0 bridgehead atoms. The summed E-state index contributed by atoms with van der Waals surface area (Å²) in [5.74, 6) is -0.939. The number of carbonyl (C=O) groups is 1. The van der Waals surface area contributed by atoms with Crippen LogP contribution < -0.4 is 0 Å². The molecule has 0 spiro atoms. The fourth-order valence-corrected chi connectivity index (χ4v) is 3.16. The second-order valence-electron chi connectivity index (χ2n) is 6.25. The van der Waals surface area contributed by atoms with Gasteiger partial charge >= 0.3 is 11.9 Å². The lowest BCUT2D eigenvalue weighted by Crippen LogP contribution is -2.27. The summed E-state index contributed by atoms with van der Waals surface area (Å²) in [6.45, 7) is 6.69. The fraction of sp³-hybridized carbons (Fsp3) is 0.286. The molecule has 0 radical (unpaired) electrons. The average Bonchev–Trinajstić information content (AvgIpc) is 3.11. The van der Waals surface area contributed by atoms with Crippen LogP contribution in [0, 0.1) is 10.1 Å². The van der Waals surface area contributed by atoms with Crippen molar-refractivity contribution < 1.29 is 18.9 Å². The number of benzene rings is 2. The number of ether oxygens (including phenoxy) is 1. The van der Waals surface area contributed by atoms with Crippen LogP contribution in [-0.4, -0.2) is 42.0 Å². The first-order valence-electron chi connectivity index (χ1n) is 9.21. The smallest absolute Gasteiger partial charge is 0.442 e. The standard InChI is InChI=1S/C21H22N2O5/c1-3-22(4-2)13-14-27-21(24)17-12-8-11-16-18(15-9-6-5-7-10-15)20(23(25)26)28-19(16)17/h5-12H,3-4,13-14H2,1-2H3. The highest BCUT2D eigenvalue weighted by molar-refractivity contribution is 6.08. The largest absolute Gasteiger partial charge is 0.461 e. The van der Waals surface area contributed by atoms with Gasteiger partial charge in [-0.2, -0.15) is 0 Å². The Kier molecular flexibility index (Phi) is 6.06. The van der Waals surface area contributed by atoms with E-state index >= 15 is 0 Å². The number of nitro groups is 1. The Balaban J connectivity index is 1.97. The molecule has 2 aromatic carbocycles. The lowest BCUT2D eigenvalue weighted by Gasteiger charge is -2.17. The quantitative estimate of drug-likeness (QED) is 0.324. The maximum Gasteiger partial charge on any atom is 0.442 e. The molecule has 0 N–H and O–H groups in total. The number of nitrogens with zero attached hydrogens (tertiary/aromatic N) is 2. The SMILES string of the molecule is CCN(CC)CCOC(=O)c1cccc2c(-c3ccccc3)c([N+](=O)[O-])oc12. The lowest BCUT2D eigenvalue weighted by molar-refractivity contribution is -0.400. The van der Waals surface area contributed by atoms with Gasteiger partial charge in [-0.15, -0.1) is 0 Å². The van der Waals surface area contributed by atoms with E-state index in [9.17, 15) is 14.9 Å². The van der Waals surface area contributed by atoms with Gasteiger partial charge in [0.25, 0.3) is 0 Å². The average molecular weight is 382 g/mol. The molecule has 0 aliphatic carbocycles. The summed E-state index contributed by atoms with van der Waals surface area (Å²) < 4.78 is 10.9. The van der Waals surface area contributed by atoms with Gasteiger partial charge in [-0.3, -0.25) is 10.1 Å². The predicted molar refractivity (Wildman–Crippen MR) is 106 cm³/mol. The molecule has 0 saturated carbocycles. The zero-order valence-corrected chi connectivity index (χ0v) is 15.9. The third-order valence-electron chi connectivity index (χ3n) is 4.68. The Morgan fingerprint density at radius 2 is 1.82 bits per heavy atom. The number of esters is 1. The zero-order chi connectivity index (χ0) is 20.1. The van der Waals surface area contributed by atoms with Gasteiger partial charge in [0.2, 0.25) is 0 Å². The summed E-state index contributed by atoms with van der Waals surface area (Å²) in [6, 6.07) is 13.9. The second-order valence-corrected chi connectivity index (χ2v) is 6.25. The van der Waals surface area contributed by atoms with Crippen LogP contribution in [0.25, 0.3) is 22.1 Å². The predicted octanol–water partition coefficient (Wildman–Crippen LogP) is 4.51.